The molecule has 0 radical (unpaired) electrons. The van der Waals surface area contributed by atoms with Gasteiger partial charge in [0.2, 0.25) is 5.91 Å². The summed E-state index contributed by atoms with van der Waals surface area (Å²) in [5, 5.41) is 13.0. The average Bonchev–Trinajstić information content (AvgIpc) is 3.24. The van der Waals surface area contributed by atoms with E-state index in [2.05, 4.69) is 0 Å². The smallest absolute Gasteiger partial charge is 0.269 e. The van der Waals surface area contributed by atoms with E-state index in [9.17, 15) is 23.3 Å². The first-order chi connectivity index (χ1) is 13.7. The molecule has 1 saturated heterocycles. The van der Waals surface area contributed by atoms with Crippen molar-refractivity contribution in [3.05, 3.63) is 56.4 Å². The van der Waals surface area contributed by atoms with E-state index in [1.807, 2.05) is 0 Å². The van der Waals surface area contributed by atoms with Gasteiger partial charge in [-0.1, -0.05) is 17.7 Å². The quantitative estimate of drug-likeness (QED) is 0.489. The van der Waals surface area contributed by atoms with Crippen LogP contribution in [0.25, 0.3) is 0 Å². The maximum absolute atomic E-state index is 12.8. The van der Waals surface area contributed by atoms with Gasteiger partial charge < -0.3 is 4.90 Å². The normalized spacial score (nSPS) is 15.9. The molecule has 2 aromatic rings. The van der Waals surface area contributed by atoms with Crippen LogP contribution in [0.3, 0.4) is 0 Å². The number of amides is 1. The first-order valence-corrected chi connectivity index (χ1v) is 11.6. The van der Waals surface area contributed by atoms with E-state index in [1.165, 1.54) is 38.7 Å². The van der Waals surface area contributed by atoms with Crippen molar-refractivity contribution in [2.45, 2.75) is 23.6 Å². The minimum atomic E-state index is -3.51. The second kappa shape index (κ2) is 8.78. The topological polar surface area (TPSA) is 101 Å². The van der Waals surface area contributed by atoms with Crippen LogP contribution in [0.1, 0.15) is 18.4 Å². The highest BCUT2D eigenvalue weighted by atomic mass is 35.5. The lowest BCUT2D eigenvalue weighted by Crippen LogP contribution is -2.43. The molecule has 1 fully saturated rings. The van der Waals surface area contributed by atoms with Gasteiger partial charge in [0.15, 0.2) is 0 Å². The van der Waals surface area contributed by atoms with Crippen molar-refractivity contribution < 1.29 is 18.1 Å². The lowest BCUT2D eigenvalue weighted by Gasteiger charge is -2.32. The van der Waals surface area contributed by atoms with Gasteiger partial charge in [-0.15, -0.1) is 11.3 Å². The number of carbonyl (C=O) groups is 1. The number of nitrogens with zero attached hydrogens (tertiary/aromatic N) is 3. The van der Waals surface area contributed by atoms with Gasteiger partial charge in [-0.3, -0.25) is 14.9 Å². The summed E-state index contributed by atoms with van der Waals surface area (Å²) in [6, 6.07) is 7.40. The second-order valence-electron chi connectivity index (χ2n) is 6.84. The Morgan fingerprint density at radius 3 is 2.62 bits per heavy atom. The van der Waals surface area contributed by atoms with Crippen LogP contribution < -0.4 is 0 Å². The Morgan fingerprint density at radius 1 is 1.34 bits per heavy atom. The number of halogens is 1. The molecule has 0 spiro atoms. The van der Waals surface area contributed by atoms with Gasteiger partial charge >= 0.3 is 0 Å². The van der Waals surface area contributed by atoms with Gasteiger partial charge in [-0.05, 0) is 35.9 Å². The number of nitro groups is 1. The standard InChI is InChI=1S/C18H20ClN3O5S2/c1-20(12-14-11-15(22(24)25)4-5-16(14)19)18(23)13-6-8-21(9-7-13)29(26,27)17-3-2-10-28-17/h2-5,10-11,13H,6-9,12H2,1H3. The van der Waals surface area contributed by atoms with Gasteiger partial charge in [0, 0.05) is 49.8 Å². The summed E-state index contributed by atoms with van der Waals surface area (Å²) in [5.74, 6) is -0.423. The fourth-order valence-electron chi connectivity index (χ4n) is 3.32. The zero-order valence-corrected chi connectivity index (χ0v) is 18.0. The largest absolute Gasteiger partial charge is 0.341 e. The van der Waals surface area contributed by atoms with Crippen LogP contribution >= 0.6 is 22.9 Å². The molecule has 1 amide bonds. The molecule has 1 aromatic heterocycles. The molecule has 1 aliphatic heterocycles. The average molecular weight is 458 g/mol. The Kier molecular flexibility index (Phi) is 6.57. The highest BCUT2D eigenvalue weighted by Crippen LogP contribution is 2.28. The maximum Gasteiger partial charge on any atom is 0.269 e. The number of nitro benzene ring substituents is 1. The number of hydrogen-bond acceptors (Lipinski definition) is 6. The second-order valence-corrected chi connectivity index (χ2v) is 10.4. The van der Waals surface area contributed by atoms with Crippen molar-refractivity contribution in [2.75, 3.05) is 20.1 Å². The molecule has 11 heteroatoms. The first kappa shape index (κ1) is 21.7. The molecule has 1 aliphatic rings. The third kappa shape index (κ3) is 4.77. The van der Waals surface area contributed by atoms with Crippen molar-refractivity contribution in [2.24, 2.45) is 5.92 Å². The van der Waals surface area contributed by atoms with Gasteiger partial charge in [0.05, 0.1) is 4.92 Å². The Morgan fingerprint density at radius 2 is 2.03 bits per heavy atom. The summed E-state index contributed by atoms with van der Waals surface area (Å²) in [6.45, 7) is 0.706. The summed E-state index contributed by atoms with van der Waals surface area (Å²) < 4.78 is 26.9. The van der Waals surface area contributed by atoms with E-state index in [1.54, 1.807) is 24.6 Å². The third-order valence-electron chi connectivity index (χ3n) is 4.92. The number of benzene rings is 1. The molecule has 0 unspecified atom stereocenters. The Balaban J connectivity index is 1.62. The van der Waals surface area contributed by atoms with Gasteiger partial charge in [-0.2, -0.15) is 4.31 Å². The molecule has 8 nitrogen and oxygen atoms in total. The van der Waals surface area contributed by atoms with Crippen molar-refractivity contribution in [3.8, 4) is 0 Å². The van der Waals surface area contributed by atoms with Gasteiger partial charge in [-0.25, -0.2) is 8.42 Å². The van der Waals surface area contributed by atoms with Crippen LogP contribution in [0.5, 0.6) is 0 Å². The predicted molar refractivity (Wildman–Crippen MR) is 110 cm³/mol. The summed E-state index contributed by atoms with van der Waals surface area (Å²) >= 11 is 7.30. The third-order valence-corrected chi connectivity index (χ3v) is 8.56. The van der Waals surface area contributed by atoms with Gasteiger partial charge in [0.25, 0.3) is 15.7 Å². The maximum atomic E-state index is 12.8. The first-order valence-electron chi connectivity index (χ1n) is 8.91. The molecule has 0 saturated carbocycles. The minimum absolute atomic E-state index is 0.0858. The molecule has 2 heterocycles. The minimum Gasteiger partial charge on any atom is -0.341 e. The monoisotopic (exact) mass is 457 g/mol. The zero-order chi connectivity index (χ0) is 21.2. The lowest BCUT2D eigenvalue weighted by molar-refractivity contribution is -0.384. The molecular formula is C18H20ClN3O5S2. The summed E-state index contributed by atoms with van der Waals surface area (Å²) in [7, 11) is -1.89. The molecule has 29 heavy (non-hydrogen) atoms. The number of carbonyl (C=O) groups excluding carboxylic acids is 1. The van der Waals surface area contributed by atoms with Crippen molar-refractivity contribution >= 4 is 44.6 Å². The van der Waals surface area contributed by atoms with Crippen LogP contribution in [0.2, 0.25) is 5.02 Å². The molecular weight excluding hydrogens is 438 g/mol. The van der Waals surface area contributed by atoms with E-state index < -0.39 is 14.9 Å². The summed E-state index contributed by atoms with van der Waals surface area (Å²) in [5.41, 5.74) is 0.409. The van der Waals surface area contributed by atoms with E-state index in [4.69, 9.17) is 11.6 Å². The SMILES string of the molecule is CN(Cc1cc([N+](=O)[O-])ccc1Cl)C(=O)C1CCN(S(=O)(=O)c2cccs2)CC1. The van der Waals surface area contributed by atoms with E-state index in [0.717, 1.165) is 0 Å². The van der Waals surface area contributed by atoms with Crippen LogP contribution in [-0.4, -0.2) is 48.6 Å². The van der Waals surface area contributed by atoms with Crippen LogP contribution in [0.15, 0.2) is 39.9 Å². The Bertz CT molecular complexity index is 1000. The molecule has 156 valence electrons. The van der Waals surface area contributed by atoms with Crippen molar-refractivity contribution in [1.29, 1.82) is 0 Å². The number of rotatable bonds is 6. The molecule has 3 rings (SSSR count). The molecule has 0 bridgehead atoms. The fourth-order valence-corrected chi connectivity index (χ4v) is 6.11. The highest BCUT2D eigenvalue weighted by molar-refractivity contribution is 7.91. The number of piperidine rings is 1. The van der Waals surface area contributed by atoms with Crippen molar-refractivity contribution in [3.63, 3.8) is 0 Å². The van der Waals surface area contributed by atoms with E-state index >= 15 is 0 Å². The van der Waals surface area contributed by atoms with E-state index in [-0.39, 0.29) is 37.1 Å². The van der Waals surface area contributed by atoms with Crippen molar-refractivity contribution in [1.82, 2.24) is 9.21 Å². The predicted octanol–water partition coefficient (Wildman–Crippen LogP) is 3.37. The lowest BCUT2D eigenvalue weighted by atomic mass is 9.96. The zero-order valence-electron chi connectivity index (χ0n) is 15.7. The summed E-state index contributed by atoms with van der Waals surface area (Å²) in [4.78, 5) is 24.7. The molecule has 0 aliphatic carbocycles. The van der Waals surface area contributed by atoms with E-state index in [0.29, 0.717) is 27.6 Å². The number of thiophene rings is 1. The molecule has 0 atom stereocenters. The number of hydrogen-bond donors (Lipinski definition) is 0. The summed E-state index contributed by atoms with van der Waals surface area (Å²) in [6.07, 6.45) is 0.854. The molecule has 0 N–H and O–H groups in total. The van der Waals surface area contributed by atoms with Crippen LogP contribution in [0, 0.1) is 16.0 Å². The van der Waals surface area contributed by atoms with Crippen LogP contribution in [-0.2, 0) is 21.4 Å². The fraction of sp³-hybridized carbons (Fsp3) is 0.389. The van der Waals surface area contributed by atoms with Gasteiger partial charge in [0.1, 0.15) is 4.21 Å². The molecule has 1 aromatic carbocycles. The Labute approximate surface area is 177 Å². The van der Waals surface area contributed by atoms with Crippen LogP contribution in [0.4, 0.5) is 5.69 Å². The number of sulfonamides is 1. The number of non-ortho nitro benzene ring substituents is 1. The Hall–Kier alpha value is -2.01. The highest BCUT2D eigenvalue weighted by Gasteiger charge is 2.33.